The van der Waals surface area contributed by atoms with Crippen molar-refractivity contribution >= 4 is 11.4 Å². The van der Waals surface area contributed by atoms with E-state index in [0.29, 0.717) is 18.8 Å². The molecule has 0 amide bonds. The zero-order chi connectivity index (χ0) is 11.8. The number of anilines is 2. The van der Waals surface area contributed by atoms with E-state index in [-0.39, 0.29) is 5.82 Å². The molecule has 1 aliphatic heterocycles. The van der Waals surface area contributed by atoms with Crippen molar-refractivity contribution in [2.24, 2.45) is 0 Å². The predicted molar refractivity (Wildman–Crippen MR) is 59.8 cm³/mol. The molecule has 1 aliphatic rings. The van der Waals surface area contributed by atoms with E-state index in [4.69, 9.17) is 15.2 Å². The number of methoxy groups -OCH3 is 2. The van der Waals surface area contributed by atoms with Gasteiger partial charge < -0.3 is 20.1 Å². The fourth-order valence-corrected chi connectivity index (χ4v) is 1.86. The number of nitrogens with two attached hydrogens (primary N) is 1. The summed E-state index contributed by atoms with van der Waals surface area (Å²) in [6.45, 7) is 1.19. The van der Waals surface area contributed by atoms with Gasteiger partial charge in [0.15, 0.2) is 0 Å². The van der Waals surface area contributed by atoms with Crippen LogP contribution >= 0.6 is 0 Å². The Hall–Kier alpha value is -1.33. The summed E-state index contributed by atoms with van der Waals surface area (Å²) in [5, 5.41) is 0. The van der Waals surface area contributed by atoms with Crippen LogP contribution in [-0.4, -0.2) is 33.1 Å². The first-order valence-corrected chi connectivity index (χ1v) is 5.00. The molecule has 1 saturated heterocycles. The van der Waals surface area contributed by atoms with Gasteiger partial charge in [0.25, 0.3) is 0 Å². The van der Waals surface area contributed by atoms with Crippen LogP contribution in [0.15, 0.2) is 18.2 Å². The number of ether oxygens (including phenoxy) is 2. The fourth-order valence-electron chi connectivity index (χ4n) is 1.86. The third-order valence-electron chi connectivity index (χ3n) is 2.94. The fraction of sp³-hybridized carbons (Fsp3) is 0.455. The molecule has 0 unspecified atom stereocenters. The van der Waals surface area contributed by atoms with Gasteiger partial charge in [-0.1, -0.05) is 0 Å². The molecule has 0 aromatic heterocycles. The highest BCUT2D eigenvalue weighted by Gasteiger charge is 2.44. The van der Waals surface area contributed by atoms with E-state index >= 15 is 0 Å². The van der Waals surface area contributed by atoms with Crippen molar-refractivity contribution in [2.75, 3.05) is 37.9 Å². The monoisotopic (exact) mass is 226 g/mol. The van der Waals surface area contributed by atoms with Crippen molar-refractivity contribution in [3.05, 3.63) is 24.0 Å². The van der Waals surface area contributed by atoms with E-state index in [2.05, 4.69) is 0 Å². The molecule has 0 aliphatic carbocycles. The molecule has 2 N–H and O–H groups in total. The number of nitrogens with zero attached hydrogens (tertiary/aromatic N) is 1. The second-order valence-corrected chi connectivity index (χ2v) is 3.88. The molecular weight excluding hydrogens is 211 g/mol. The van der Waals surface area contributed by atoms with Crippen molar-refractivity contribution in [3.8, 4) is 0 Å². The van der Waals surface area contributed by atoms with Gasteiger partial charge in [-0.3, -0.25) is 0 Å². The molecule has 0 atom stereocenters. The molecule has 1 heterocycles. The van der Waals surface area contributed by atoms with Gasteiger partial charge in [-0.15, -0.1) is 0 Å². The lowest BCUT2D eigenvalue weighted by atomic mass is 10.1. The second-order valence-electron chi connectivity index (χ2n) is 3.88. The summed E-state index contributed by atoms with van der Waals surface area (Å²) in [6, 6.07) is 4.38. The molecular formula is C11H15FN2O2. The maximum absolute atomic E-state index is 12.9. The summed E-state index contributed by atoms with van der Waals surface area (Å²) < 4.78 is 23.4. The lowest BCUT2D eigenvalue weighted by Gasteiger charge is -2.49. The molecule has 1 aromatic rings. The zero-order valence-corrected chi connectivity index (χ0v) is 9.37. The molecule has 88 valence electrons. The summed E-state index contributed by atoms with van der Waals surface area (Å²) in [7, 11) is 3.21. The Morgan fingerprint density at radius 1 is 1.31 bits per heavy atom. The van der Waals surface area contributed by atoms with Gasteiger partial charge in [-0.25, -0.2) is 4.39 Å². The van der Waals surface area contributed by atoms with Gasteiger partial charge in [-0.05, 0) is 18.2 Å². The average Bonchev–Trinajstić information content (AvgIpc) is 2.20. The lowest BCUT2D eigenvalue weighted by molar-refractivity contribution is -0.219. The van der Waals surface area contributed by atoms with Gasteiger partial charge in [0.1, 0.15) is 5.82 Å². The van der Waals surface area contributed by atoms with Crippen molar-refractivity contribution < 1.29 is 13.9 Å². The summed E-state index contributed by atoms with van der Waals surface area (Å²) in [6.07, 6.45) is 0. The Morgan fingerprint density at radius 3 is 2.44 bits per heavy atom. The molecule has 1 aromatic carbocycles. The number of benzene rings is 1. The third-order valence-corrected chi connectivity index (χ3v) is 2.94. The first-order valence-electron chi connectivity index (χ1n) is 5.00. The van der Waals surface area contributed by atoms with E-state index in [0.717, 1.165) is 5.69 Å². The van der Waals surface area contributed by atoms with Crippen LogP contribution in [0, 0.1) is 5.82 Å². The molecule has 2 rings (SSSR count). The van der Waals surface area contributed by atoms with Crippen molar-refractivity contribution in [3.63, 3.8) is 0 Å². The van der Waals surface area contributed by atoms with Crippen LogP contribution in [-0.2, 0) is 9.47 Å². The first kappa shape index (κ1) is 11.2. The van der Waals surface area contributed by atoms with E-state index < -0.39 is 5.79 Å². The van der Waals surface area contributed by atoms with Gasteiger partial charge in [0, 0.05) is 14.2 Å². The minimum absolute atomic E-state index is 0.327. The third kappa shape index (κ3) is 1.72. The van der Waals surface area contributed by atoms with Crippen molar-refractivity contribution in [2.45, 2.75) is 5.79 Å². The zero-order valence-electron chi connectivity index (χ0n) is 9.37. The summed E-state index contributed by atoms with van der Waals surface area (Å²) in [5.74, 6) is -0.882. The molecule has 5 heteroatoms. The molecule has 0 saturated carbocycles. The standard InChI is InChI=1S/C11H15FN2O2/c1-15-11(16-2)6-14(7-11)10-4-3-8(12)5-9(10)13/h3-5H,6-7,13H2,1-2H3. The molecule has 16 heavy (non-hydrogen) atoms. The second kappa shape index (κ2) is 3.92. The van der Waals surface area contributed by atoms with Crippen LogP contribution in [0.1, 0.15) is 0 Å². The molecule has 4 nitrogen and oxygen atoms in total. The van der Waals surface area contributed by atoms with Crippen LogP contribution in [0.25, 0.3) is 0 Å². The lowest BCUT2D eigenvalue weighted by Crippen LogP contribution is -2.64. The molecule has 0 bridgehead atoms. The van der Waals surface area contributed by atoms with Crippen LogP contribution in [0.5, 0.6) is 0 Å². The van der Waals surface area contributed by atoms with Crippen molar-refractivity contribution in [1.82, 2.24) is 0 Å². The van der Waals surface area contributed by atoms with E-state index in [9.17, 15) is 4.39 Å². The Kier molecular flexibility index (Phi) is 2.73. The highest BCUT2D eigenvalue weighted by atomic mass is 19.1. The van der Waals surface area contributed by atoms with E-state index in [1.165, 1.54) is 12.1 Å². The SMILES string of the molecule is COC1(OC)CN(c2ccc(F)cc2N)C1. The number of nitrogen functional groups attached to an aromatic ring is 1. The van der Waals surface area contributed by atoms with Crippen LogP contribution in [0.4, 0.5) is 15.8 Å². The summed E-state index contributed by atoms with van der Waals surface area (Å²) in [4.78, 5) is 1.99. The van der Waals surface area contributed by atoms with Crippen LogP contribution < -0.4 is 10.6 Å². The first-order chi connectivity index (χ1) is 7.60. The van der Waals surface area contributed by atoms with E-state index in [1.54, 1.807) is 20.3 Å². The molecule has 1 fully saturated rings. The number of halogens is 1. The maximum Gasteiger partial charge on any atom is 0.203 e. The minimum Gasteiger partial charge on any atom is -0.397 e. The topological polar surface area (TPSA) is 47.7 Å². The maximum atomic E-state index is 12.9. The number of hydrogen-bond acceptors (Lipinski definition) is 4. The molecule has 0 radical (unpaired) electrons. The van der Waals surface area contributed by atoms with Crippen LogP contribution in [0.3, 0.4) is 0 Å². The Balaban J connectivity index is 2.12. The van der Waals surface area contributed by atoms with Crippen molar-refractivity contribution in [1.29, 1.82) is 0 Å². The van der Waals surface area contributed by atoms with Crippen LogP contribution in [0.2, 0.25) is 0 Å². The highest BCUT2D eigenvalue weighted by Crippen LogP contribution is 2.34. The van der Waals surface area contributed by atoms with Gasteiger partial charge in [-0.2, -0.15) is 0 Å². The minimum atomic E-state index is -0.555. The van der Waals surface area contributed by atoms with Gasteiger partial charge in [0.05, 0.1) is 24.5 Å². The highest BCUT2D eigenvalue weighted by molar-refractivity contribution is 5.69. The normalized spacial score (nSPS) is 18.3. The number of hydrogen-bond donors (Lipinski definition) is 1. The Morgan fingerprint density at radius 2 is 1.94 bits per heavy atom. The average molecular weight is 226 g/mol. The summed E-state index contributed by atoms with van der Waals surface area (Å²) >= 11 is 0. The van der Waals surface area contributed by atoms with Gasteiger partial charge in [0.2, 0.25) is 5.79 Å². The Bertz CT molecular complexity index is 386. The number of rotatable bonds is 3. The quantitative estimate of drug-likeness (QED) is 0.622. The summed E-state index contributed by atoms with van der Waals surface area (Å²) in [5.41, 5.74) is 6.98. The van der Waals surface area contributed by atoms with E-state index in [1.807, 2.05) is 4.90 Å². The smallest absolute Gasteiger partial charge is 0.203 e. The molecule has 0 spiro atoms. The Labute approximate surface area is 93.7 Å². The largest absolute Gasteiger partial charge is 0.397 e. The predicted octanol–water partition coefficient (Wildman–Crippen LogP) is 1.22. The van der Waals surface area contributed by atoms with Gasteiger partial charge >= 0.3 is 0 Å².